The molecule has 0 amide bonds. The Labute approximate surface area is 119 Å². The van der Waals surface area contributed by atoms with Gasteiger partial charge in [-0.1, -0.05) is 43.3 Å². The second kappa shape index (κ2) is 5.83. The summed E-state index contributed by atoms with van der Waals surface area (Å²) in [6.45, 7) is 5.84. The molecule has 0 aliphatic heterocycles. The Morgan fingerprint density at radius 1 is 1.00 bits per heavy atom. The van der Waals surface area contributed by atoms with Gasteiger partial charge in [-0.3, -0.25) is 9.59 Å². The number of carbonyl (C=O) groups excluding carboxylic acids is 2. The zero-order valence-corrected chi connectivity index (χ0v) is 12.1. The standard InChI is InChI=1S/C18H18O2/c1-4-14-5-7-15(8-6-14)18(20)17-10-9-16(11-19)12(2)13(17)3/h5-11H,4H2,1-3H3. The molecule has 2 rings (SSSR count). The number of benzene rings is 2. The highest BCUT2D eigenvalue weighted by Crippen LogP contribution is 2.20. The molecule has 2 heteroatoms. The first-order chi connectivity index (χ1) is 9.58. The van der Waals surface area contributed by atoms with Crippen LogP contribution >= 0.6 is 0 Å². The maximum absolute atomic E-state index is 12.5. The van der Waals surface area contributed by atoms with Crippen LogP contribution < -0.4 is 0 Å². The number of carbonyl (C=O) groups is 2. The smallest absolute Gasteiger partial charge is 0.193 e. The molecule has 2 aromatic carbocycles. The van der Waals surface area contributed by atoms with E-state index in [4.69, 9.17) is 0 Å². The van der Waals surface area contributed by atoms with Gasteiger partial charge in [0.05, 0.1) is 0 Å². The zero-order chi connectivity index (χ0) is 14.7. The minimum Gasteiger partial charge on any atom is -0.298 e. The number of aryl methyl sites for hydroxylation is 1. The van der Waals surface area contributed by atoms with Crippen LogP contribution in [-0.4, -0.2) is 12.1 Å². The van der Waals surface area contributed by atoms with Crippen molar-refractivity contribution >= 4 is 12.1 Å². The molecule has 0 heterocycles. The first-order valence-electron chi connectivity index (χ1n) is 6.77. The van der Waals surface area contributed by atoms with E-state index >= 15 is 0 Å². The van der Waals surface area contributed by atoms with E-state index in [1.165, 1.54) is 5.56 Å². The Bertz CT molecular complexity index is 652. The minimum atomic E-state index is 0.00528. The summed E-state index contributed by atoms with van der Waals surface area (Å²) in [6, 6.07) is 11.1. The summed E-state index contributed by atoms with van der Waals surface area (Å²) >= 11 is 0. The Hall–Kier alpha value is -2.22. The summed E-state index contributed by atoms with van der Waals surface area (Å²) < 4.78 is 0. The van der Waals surface area contributed by atoms with E-state index < -0.39 is 0 Å². The van der Waals surface area contributed by atoms with Crippen LogP contribution in [0.4, 0.5) is 0 Å². The molecular weight excluding hydrogens is 248 g/mol. The van der Waals surface area contributed by atoms with Crippen LogP contribution in [-0.2, 0) is 6.42 Å². The molecule has 2 aromatic rings. The van der Waals surface area contributed by atoms with Crippen LogP contribution in [0.2, 0.25) is 0 Å². The van der Waals surface area contributed by atoms with Crippen molar-refractivity contribution in [2.45, 2.75) is 27.2 Å². The predicted octanol–water partition coefficient (Wildman–Crippen LogP) is 3.91. The van der Waals surface area contributed by atoms with Crippen molar-refractivity contribution < 1.29 is 9.59 Å². The van der Waals surface area contributed by atoms with Crippen molar-refractivity contribution in [1.29, 1.82) is 0 Å². The summed E-state index contributed by atoms with van der Waals surface area (Å²) in [5.74, 6) is 0.00528. The van der Waals surface area contributed by atoms with Crippen LogP contribution in [0.5, 0.6) is 0 Å². The molecule has 0 bridgehead atoms. The molecule has 0 radical (unpaired) electrons. The normalized spacial score (nSPS) is 10.3. The molecule has 0 aliphatic carbocycles. The fourth-order valence-corrected chi connectivity index (χ4v) is 2.26. The number of hydrogen-bond donors (Lipinski definition) is 0. The Kier molecular flexibility index (Phi) is 4.14. The second-order valence-electron chi connectivity index (χ2n) is 4.95. The van der Waals surface area contributed by atoms with Crippen molar-refractivity contribution in [2.24, 2.45) is 0 Å². The van der Waals surface area contributed by atoms with Crippen molar-refractivity contribution in [2.75, 3.05) is 0 Å². The molecule has 0 spiro atoms. The quantitative estimate of drug-likeness (QED) is 0.621. The van der Waals surface area contributed by atoms with E-state index in [1.54, 1.807) is 12.1 Å². The van der Waals surface area contributed by atoms with Crippen LogP contribution in [0.3, 0.4) is 0 Å². The van der Waals surface area contributed by atoms with Gasteiger partial charge >= 0.3 is 0 Å². The van der Waals surface area contributed by atoms with Crippen molar-refractivity contribution in [1.82, 2.24) is 0 Å². The molecule has 2 nitrogen and oxygen atoms in total. The largest absolute Gasteiger partial charge is 0.298 e. The molecule has 0 saturated heterocycles. The van der Waals surface area contributed by atoms with E-state index in [1.807, 2.05) is 38.1 Å². The van der Waals surface area contributed by atoms with E-state index in [2.05, 4.69) is 6.92 Å². The Balaban J connectivity index is 2.42. The third-order valence-electron chi connectivity index (χ3n) is 3.83. The number of hydrogen-bond acceptors (Lipinski definition) is 2. The van der Waals surface area contributed by atoms with Crippen molar-refractivity contribution in [3.63, 3.8) is 0 Å². The van der Waals surface area contributed by atoms with E-state index in [0.29, 0.717) is 16.7 Å². The SMILES string of the molecule is CCc1ccc(C(=O)c2ccc(C=O)c(C)c2C)cc1. The first kappa shape index (κ1) is 14.2. The van der Waals surface area contributed by atoms with Crippen LogP contribution in [0.25, 0.3) is 0 Å². The van der Waals surface area contributed by atoms with Crippen LogP contribution in [0, 0.1) is 13.8 Å². The number of ketones is 1. The summed E-state index contributed by atoms with van der Waals surface area (Å²) in [5.41, 5.74) is 4.95. The van der Waals surface area contributed by atoms with Gasteiger partial charge in [-0.15, -0.1) is 0 Å². The highest BCUT2D eigenvalue weighted by atomic mass is 16.1. The Morgan fingerprint density at radius 3 is 2.20 bits per heavy atom. The average Bonchev–Trinajstić information content (AvgIpc) is 2.49. The highest BCUT2D eigenvalue weighted by molar-refractivity contribution is 6.10. The third-order valence-corrected chi connectivity index (χ3v) is 3.83. The third kappa shape index (κ3) is 2.55. The summed E-state index contributed by atoms with van der Waals surface area (Å²) in [5, 5.41) is 0. The molecule has 0 aliphatic rings. The van der Waals surface area contributed by atoms with Crippen molar-refractivity contribution in [3.8, 4) is 0 Å². The topological polar surface area (TPSA) is 34.1 Å². The predicted molar refractivity (Wildman–Crippen MR) is 80.6 cm³/mol. The Morgan fingerprint density at radius 2 is 1.65 bits per heavy atom. The van der Waals surface area contributed by atoms with Gasteiger partial charge in [0.1, 0.15) is 6.29 Å². The van der Waals surface area contributed by atoms with Gasteiger partial charge in [-0.05, 0) is 37.0 Å². The monoisotopic (exact) mass is 266 g/mol. The van der Waals surface area contributed by atoms with Gasteiger partial charge in [0.15, 0.2) is 5.78 Å². The molecule has 0 N–H and O–H groups in total. The lowest BCUT2D eigenvalue weighted by Gasteiger charge is -2.10. The van der Waals surface area contributed by atoms with E-state index in [0.717, 1.165) is 23.8 Å². The molecule has 0 saturated carbocycles. The summed E-state index contributed by atoms with van der Waals surface area (Å²) in [6.07, 6.45) is 1.78. The van der Waals surface area contributed by atoms with Gasteiger partial charge < -0.3 is 0 Å². The van der Waals surface area contributed by atoms with Gasteiger partial charge in [-0.25, -0.2) is 0 Å². The molecular formula is C18H18O2. The molecule has 0 unspecified atom stereocenters. The van der Waals surface area contributed by atoms with Crippen LogP contribution in [0.1, 0.15) is 49.9 Å². The fourth-order valence-electron chi connectivity index (χ4n) is 2.26. The first-order valence-corrected chi connectivity index (χ1v) is 6.77. The molecule has 20 heavy (non-hydrogen) atoms. The fraction of sp³-hybridized carbons (Fsp3) is 0.222. The molecule has 0 fully saturated rings. The maximum Gasteiger partial charge on any atom is 0.193 e. The second-order valence-corrected chi connectivity index (χ2v) is 4.95. The van der Waals surface area contributed by atoms with Gasteiger partial charge in [0.2, 0.25) is 0 Å². The summed E-state index contributed by atoms with van der Waals surface area (Å²) in [7, 11) is 0. The van der Waals surface area contributed by atoms with Gasteiger partial charge in [-0.2, -0.15) is 0 Å². The number of aldehydes is 1. The number of rotatable bonds is 4. The van der Waals surface area contributed by atoms with Crippen molar-refractivity contribution in [3.05, 3.63) is 69.8 Å². The average molecular weight is 266 g/mol. The minimum absolute atomic E-state index is 0.00528. The lowest BCUT2D eigenvalue weighted by molar-refractivity contribution is 0.103. The van der Waals surface area contributed by atoms with Gasteiger partial charge in [0.25, 0.3) is 0 Å². The highest BCUT2D eigenvalue weighted by Gasteiger charge is 2.14. The lowest BCUT2D eigenvalue weighted by atomic mass is 9.93. The van der Waals surface area contributed by atoms with Gasteiger partial charge in [0, 0.05) is 16.7 Å². The molecule has 102 valence electrons. The molecule has 0 aromatic heterocycles. The zero-order valence-electron chi connectivity index (χ0n) is 12.1. The molecule has 0 atom stereocenters. The summed E-state index contributed by atoms with van der Waals surface area (Å²) in [4.78, 5) is 23.4. The van der Waals surface area contributed by atoms with E-state index in [9.17, 15) is 9.59 Å². The van der Waals surface area contributed by atoms with Crippen LogP contribution in [0.15, 0.2) is 36.4 Å². The van der Waals surface area contributed by atoms with E-state index in [-0.39, 0.29) is 5.78 Å². The maximum atomic E-state index is 12.5. The lowest BCUT2D eigenvalue weighted by Crippen LogP contribution is -2.06.